The summed E-state index contributed by atoms with van der Waals surface area (Å²) in [5, 5.41) is 4.01. The fourth-order valence-electron chi connectivity index (χ4n) is 2.12. The number of benzene rings is 1. The van der Waals surface area contributed by atoms with E-state index in [2.05, 4.69) is 22.0 Å². The van der Waals surface area contributed by atoms with Crippen molar-refractivity contribution >= 4 is 5.71 Å². The van der Waals surface area contributed by atoms with E-state index in [-0.39, 0.29) is 6.10 Å². The third kappa shape index (κ3) is 2.70. The van der Waals surface area contributed by atoms with Gasteiger partial charge in [-0.15, -0.1) is 0 Å². The number of nitrogens with zero attached hydrogens (tertiary/aromatic N) is 2. The van der Waals surface area contributed by atoms with Gasteiger partial charge >= 0.3 is 0 Å². The molecule has 3 nitrogen and oxygen atoms in total. The predicted octanol–water partition coefficient (Wildman–Crippen LogP) is 3.32. The molecule has 0 saturated heterocycles. The lowest BCUT2D eigenvalue weighted by molar-refractivity contribution is 0.0855. The predicted molar refractivity (Wildman–Crippen MR) is 78.2 cm³/mol. The molecule has 1 aromatic heterocycles. The van der Waals surface area contributed by atoms with Crippen LogP contribution in [0.3, 0.4) is 0 Å². The van der Waals surface area contributed by atoms with Crippen molar-refractivity contribution in [3.63, 3.8) is 0 Å². The average molecular weight is 262 g/mol. The summed E-state index contributed by atoms with van der Waals surface area (Å²) >= 11 is 0. The van der Waals surface area contributed by atoms with Crippen molar-refractivity contribution in [2.24, 2.45) is 5.16 Å². The van der Waals surface area contributed by atoms with Gasteiger partial charge in [-0.3, -0.25) is 0 Å². The lowest BCUT2D eigenvalue weighted by Crippen LogP contribution is -2.00. The van der Waals surface area contributed by atoms with Gasteiger partial charge in [0.25, 0.3) is 0 Å². The summed E-state index contributed by atoms with van der Waals surface area (Å²) in [5.41, 5.74) is 3.83. The van der Waals surface area contributed by atoms with Crippen LogP contribution in [-0.2, 0) is 4.84 Å². The van der Waals surface area contributed by atoms with Gasteiger partial charge in [-0.1, -0.05) is 35.3 Å². The van der Waals surface area contributed by atoms with Crippen LogP contribution in [-0.4, -0.2) is 10.7 Å². The minimum absolute atomic E-state index is 0.0239. The van der Waals surface area contributed by atoms with Gasteiger partial charge in [0, 0.05) is 23.7 Å². The van der Waals surface area contributed by atoms with Crippen molar-refractivity contribution in [1.82, 2.24) is 4.98 Å². The van der Waals surface area contributed by atoms with Gasteiger partial charge in [0.1, 0.15) is 5.69 Å². The van der Waals surface area contributed by atoms with E-state index >= 15 is 0 Å². The smallest absolute Gasteiger partial charge is 0.159 e. The second kappa shape index (κ2) is 5.58. The van der Waals surface area contributed by atoms with Crippen LogP contribution >= 0.6 is 0 Å². The molecule has 3 rings (SSSR count). The van der Waals surface area contributed by atoms with Crippen LogP contribution in [0.15, 0.2) is 53.8 Å². The fraction of sp³-hybridized carbons (Fsp3) is 0.176. The highest BCUT2D eigenvalue weighted by atomic mass is 16.6. The molecule has 1 atom stereocenters. The molecule has 0 aliphatic carbocycles. The Hall–Kier alpha value is -2.60. The summed E-state index contributed by atoms with van der Waals surface area (Å²) in [6.07, 6.45) is 2.54. The monoisotopic (exact) mass is 262 g/mol. The Bertz CT molecular complexity index is 696. The Labute approximate surface area is 118 Å². The molecule has 1 aromatic carbocycles. The number of hydrogen-bond donors (Lipinski definition) is 0. The van der Waals surface area contributed by atoms with E-state index in [0.29, 0.717) is 0 Å². The first-order chi connectivity index (χ1) is 9.83. The van der Waals surface area contributed by atoms with E-state index in [1.165, 1.54) is 0 Å². The van der Waals surface area contributed by atoms with Crippen molar-refractivity contribution in [2.45, 2.75) is 19.4 Å². The third-order valence-electron chi connectivity index (χ3n) is 3.11. The summed E-state index contributed by atoms with van der Waals surface area (Å²) in [6, 6.07) is 13.7. The summed E-state index contributed by atoms with van der Waals surface area (Å²) < 4.78 is 0. The van der Waals surface area contributed by atoms with Crippen molar-refractivity contribution in [3.8, 4) is 11.8 Å². The second-order valence-corrected chi connectivity index (χ2v) is 4.68. The molecule has 98 valence electrons. The van der Waals surface area contributed by atoms with Gasteiger partial charge in [-0.25, -0.2) is 4.98 Å². The molecule has 0 N–H and O–H groups in total. The quantitative estimate of drug-likeness (QED) is 0.739. The van der Waals surface area contributed by atoms with Crippen molar-refractivity contribution in [1.29, 1.82) is 0 Å². The fourth-order valence-corrected chi connectivity index (χ4v) is 2.12. The number of rotatable bonds is 1. The third-order valence-corrected chi connectivity index (χ3v) is 3.11. The molecule has 0 bridgehead atoms. The maximum Gasteiger partial charge on any atom is 0.159 e. The normalized spacial score (nSPS) is 16.9. The number of hydrogen-bond acceptors (Lipinski definition) is 3. The molecular formula is C17H14N2O. The van der Waals surface area contributed by atoms with Gasteiger partial charge in [-0.05, 0) is 31.0 Å². The van der Waals surface area contributed by atoms with Gasteiger partial charge in [-0.2, -0.15) is 0 Å². The molecule has 0 spiro atoms. The van der Waals surface area contributed by atoms with Crippen LogP contribution in [0.4, 0.5) is 0 Å². The molecule has 2 heterocycles. The van der Waals surface area contributed by atoms with Crippen molar-refractivity contribution < 1.29 is 4.84 Å². The summed E-state index contributed by atoms with van der Waals surface area (Å²) in [4.78, 5) is 9.65. The van der Waals surface area contributed by atoms with Crippen molar-refractivity contribution in [2.75, 3.05) is 0 Å². The van der Waals surface area contributed by atoms with E-state index in [1.54, 1.807) is 6.20 Å². The zero-order chi connectivity index (χ0) is 13.8. The Morgan fingerprint density at radius 1 is 1.10 bits per heavy atom. The first-order valence-electron chi connectivity index (χ1n) is 6.54. The molecular weight excluding hydrogens is 248 g/mol. The van der Waals surface area contributed by atoms with Gasteiger partial charge in [0.2, 0.25) is 0 Å². The van der Waals surface area contributed by atoms with E-state index < -0.39 is 0 Å². The van der Waals surface area contributed by atoms with Crippen LogP contribution in [0, 0.1) is 11.8 Å². The number of pyridine rings is 1. The zero-order valence-electron chi connectivity index (χ0n) is 11.2. The maximum absolute atomic E-state index is 5.45. The Balaban J connectivity index is 1.90. The Morgan fingerprint density at radius 3 is 2.70 bits per heavy atom. The lowest BCUT2D eigenvalue weighted by atomic mass is 9.99. The zero-order valence-corrected chi connectivity index (χ0v) is 11.2. The molecule has 2 aromatic rings. The lowest BCUT2D eigenvalue weighted by Gasteiger charge is -2.10. The van der Waals surface area contributed by atoms with Gasteiger partial charge < -0.3 is 4.84 Å². The average Bonchev–Trinajstić information content (AvgIpc) is 2.93. The topological polar surface area (TPSA) is 34.5 Å². The molecule has 1 aliphatic heterocycles. The second-order valence-electron chi connectivity index (χ2n) is 4.68. The largest absolute Gasteiger partial charge is 0.387 e. The van der Waals surface area contributed by atoms with E-state index in [0.717, 1.165) is 29.0 Å². The van der Waals surface area contributed by atoms with E-state index in [9.17, 15) is 0 Å². The highest BCUT2D eigenvalue weighted by molar-refractivity contribution is 5.83. The van der Waals surface area contributed by atoms with E-state index in [4.69, 9.17) is 4.84 Å². The standard InChI is InChI=1S/C17H14N2O/c1-13-12-17(20-19-13)16-8-3-2-6-14(16)9-10-15-7-4-5-11-18-15/h2-8,11,17H,12H2,1H3/t17-/m1/s1. The molecule has 20 heavy (non-hydrogen) atoms. The first-order valence-corrected chi connectivity index (χ1v) is 6.54. The van der Waals surface area contributed by atoms with Gasteiger partial charge in [0.05, 0.1) is 5.71 Å². The highest BCUT2D eigenvalue weighted by Crippen LogP contribution is 2.29. The molecule has 0 saturated carbocycles. The molecule has 3 heteroatoms. The van der Waals surface area contributed by atoms with Gasteiger partial charge in [0.15, 0.2) is 6.10 Å². The van der Waals surface area contributed by atoms with Crippen LogP contribution in [0.5, 0.6) is 0 Å². The maximum atomic E-state index is 5.45. The summed E-state index contributed by atoms with van der Waals surface area (Å²) in [7, 11) is 0. The SMILES string of the molecule is CC1=NO[C@@H](c2ccccc2C#Cc2ccccn2)C1. The number of aromatic nitrogens is 1. The first kappa shape index (κ1) is 12.4. The van der Waals surface area contributed by atoms with E-state index in [1.807, 2.05) is 49.4 Å². The van der Waals surface area contributed by atoms with Crippen molar-refractivity contribution in [3.05, 3.63) is 65.5 Å². The molecule has 1 aliphatic rings. The van der Waals surface area contributed by atoms with Crippen LogP contribution < -0.4 is 0 Å². The molecule has 0 fully saturated rings. The summed E-state index contributed by atoms with van der Waals surface area (Å²) in [5.74, 6) is 6.26. The molecule has 0 unspecified atom stereocenters. The minimum Gasteiger partial charge on any atom is -0.387 e. The summed E-state index contributed by atoms with van der Waals surface area (Å²) in [6.45, 7) is 1.97. The number of oxime groups is 1. The minimum atomic E-state index is -0.0239. The molecule has 0 amide bonds. The Morgan fingerprint density at radius 2 is 1.95 bits per heavy atom. The van der Waals surface area contributed by atoms with Crippen LogP contribution in [0.25, 0.3) is 0 Å². The van der Waals surface area contributed by atoms with Crippen LogP contribution in [0.1, 0.15) is 36.3 Å². The molecule has 0 radical (unpaired) electrons. The van der Waals surface area contributed by atoms with Crippen LogP contribution in [0.2, 0.25) is 0 Å². The highest BCUT2D eigenvalue weighted by Gasteiger charge is 2.21. The Kier molecular flexibility index (Phi) is 3.47.